The van der Waals surface area contributed by atoms with Gasteiger partial charge in [0.2, 0.25) is 0 Å². The molecule has 2 aromatic carbocycles. The van der Waals surface area contributed by atoms with Gasteiger partial charge in [-0.15, -0.1) is 0 Å². The minimum Gasteiger partial charge on any atom is -0.329 e. The summed E-state index contributed by atoms with van der Waals surface area (Å²) >= 11 is 0. The van der Waals surface area contributed by atoms with E-state index < -0.39 is 11.6 Å². The van der Waals surface area contributed by atoms with Gasteiger partial charge in [0.25, 0.3) is 0 Å². The summed E-state index contributed by atoms with van der Waals surface area (Å²) in [5.74, 6) is -1.68. The van der Waals surface area contributed by atoms with E-state index in [2.05, 4.69) is 4.98 Å². The molecule has 1 heterocycles. The lowest BCUT2D eigenvalue weighted by Crippen LogP contribution is -2.28. The van der Waals surface area contributed by atoms with Crippen molar-refractivity contribution in [1.29, 1.82) is 0 Å². The van der Waals surface area contributed by atoms with Crippen LogP contribution >= 0.6 is 0 Å². The molecule has 0 radical (unpaired) electrons. The molecule has 3 nitrogen and oxygen atoms in total. The molecule has 0 aliphatic carbocycles. The number of para-hydroxylation sites is 2. The van der Waals surface area contributed by atoms with Gasteiger partial charge in [0, 0.05) is 12.6 Å². The van der Waals surface area contributed by atoms with Crippen LogP contribution in [0.5, 0.6) is 0 Å². The average Bonchev–Trinajstić information content (AvgIpc) is 2.86. The molecule has 0 saturated carbocycles. The minimum absolute atomic E-state index is 0.201. The number of benzene rings is 2. The molecule has 0 aliphatic rings. The highest BCUT2D eigenvalue weighted by molar-refractivity contribution is 5.74. The lowest BCUT2D eigenvalue weighted by atomic mass is 10.1. The summed E-state index contributed by atoms with van der Waals surface area (Å²) in [5, 5.41) is 0. The van der Waals surface area contributed by atoms with Crippen molar-refractivity contribution in [2.75, 3.05) is 0 Å². The Kier molecular flexibility index (Phi) is 3.66. The molecule has 1 atom stereocenters. The molecule has 21 heavy (non-hydrogen) atoms. The number of halogens is 2. The van der Waals surface area contributed by atoms with Crippen molar-refractivity contribution in [3.05, 3.63) is 66.0 Å². The summed E-state index contributed by atoms with van der Waals surface area (Å²) in [6.45, 7) is 0.569. The van der Waals surface area contributed by atoms with Gasteiger partial charge in [0.05, 0.1) is 17.4 Å². The molecule has 0 amide bonds. The molecule has 0 bridgehead atoms. The quantitative estimate of drug-likeness (QED) is 0.802. The molecule has 108 valence electrons. The van der Waals surface area contributed by atoms with Gasteiger partial charge in [-0.25, -0.2) is 13.8 Å². The fraction of sp³-hybridized carbons (Fsp3) is 0.188. The van der Waals surface area contributed by atoms with Gasteiger partial charge in [-0.05, 0) is 36.2 Å². The Morgan fingerprint density at radius 1 is 1.10 bits per heavy atom. The molecule has 1 unspecified atom stereocenters. The number of hydrogen-bond donors (Lipinski definition) is 1. The summed E-state index contributed by atoms with van der Waals surface area (Å²) < 4.78 is 28.1. The maximum Gasteiger partial charge on any atom is 0.159 e. The first-order valence-electron chi connectivity index (χ1n) is 6.73. The summed E-state index contributed by atoms with van der Waals surface area (Å²) in [4.78, 5) is 4.30. The van der Waals surface area contributed by atoms with Crippen molar-refractivity contribution in [2.24, 2.45) is 5.73 Å². The van der Waals surface area contributed by atoms with Gasteiger partial charge in [0.15, 0.2) is 11.6 Å². The van der Waals surface area contributed by atoms with Crippen molar-refractivity contribution in [3.8, 4) is 0 Å². The third-order valence-corrected chi connectivity index (χ3v) is 3.44. The van der Waals surface area contributed by atoms with Crippen molar-refractivity contribution in [2.45, 2.75) is 19.0 Å². The number of rotatable bonds is 4. The van der Waals surface area contributed by atoms with Gasteiger partial charge in [0.1, 0.15) is 0 Å². The number of imidazole rings is 1. The molecule has 0 spiro atoms. The van der Waals surface area contributed by atoms with E-state index in [0.717, 1.165) is 17.1 Å². The zero-order chi connectivity index (χ0) is 14.8. The van der Waals surface area contributed by atoms with Crippen LogP contribution in [0.2, 0.25) is 0 Å². The highest BCUT2D eigenvalue weighted by Gasteiger charge is 2.10. The van der Waals surface area contributed by atoms with E-state index in [1.807, 2.05) is 28.8 Å². The Morgan fingerprint density at radius 3 is 2.71 bits per heavy atom. The predicted octanol–water partition coefficient (Wildman–Crippen LogP) is 2.88. The molecule has 5 heteroatoms. The Balaban J connectivity index is 1.74. The lowest BCUT2D eigenvalue weighted by molar-refractivity contribution is 0.503. The predicted molar refractivity (Wildman–Crippen MR) is 77.8 cm³/mol. The van der Waals surface area contributed by atoms with Gasteiger partial charge in [-0.3, -0.25) is 0 Å². The molecule has 0 fully saturated rings. The fourth-order valence-electron chi connectivity index (χ4n) is 2.44. The van der Waals surface area contributed by atoms with E-state index >= 15 is 0 Å². The first-order chi connectivity index (χ1) is 10.1. The van der Waals surface area contributed by atoms with Gasteiger partial charge in [-0.1, -0.05) is 18.2 Å². The third-order valence-electron chi connectivity index (χ3n) is 3.44. The topological polar surface area (TPSA) is 43.8 Å². The Morgan fingerprint density at radius 2 is 1.90 bits per heavy atom. The molecule has 0 aliphatic heterocycles. The van der Waals surface area contributed by atoms with E-state index in [9.17, 15) is 8.78 Å². The van der Waals surface area contributed by atoms with Crippen LogP contribution < -0.4 is 5.73 Å². The standard InChI is InChI=1S/C16H15F2N3/c17-13-6-5-11(8-14(13)18)7-12(19)9-21-10-20-15-3-1-2-4-16(15)21/h1-6,8,10,12H,7,9,19H2. The Hall–Kier alpha value is -2.27. The summed E-state index contributed by atoms with van der Waals surface area (Å²) in [6.07, 6.45) is 2.22. The lowest BCUT2D eigenvalue weighted by Gasteiger charge is -2.13. The van der Waals surface area contributed by atoms with Gasteiger partial charge in [-0.2, -0.15) is 0 Å². The van der Waals surface area contributed by atoms with Crippen molar-refractivity contribution in [1.82, 2.24) is 9.55 Å². The first-order valence-corrected chi connectivity index (χ1v) is 6.73. The molecule has 3 aromatic rings. The van der Waals surface area contributed by atoms with Gasteiger partial charge >= 0.3 is 0 Å². The van der Waals surface area contributed by atoms with Crippen LogP contribution in [0.3, 0.4) is 0 Å². The highest BCUT2D eigenvalue weighted by Crippen LogP contribution is 2.14. The second-order valence-corrected chi connectivity index (χ2v) is 5.10. The van der Waals surface area contributed by atoms with Crippen molar-refractivity contribution >= 4 is 11.0 Å². The largest absolute Gasteiger partial charge is 0.329 e. The van der Waals surface area contributed by atoms with Crippen molar-refractivity contribution < 1.29 is 8.78 Å². The van der Waals surface area contributed by atoms with E-state index in [-0.39, 0.29) is 6.04 Å². The van der Waals surface area contributed by atoms with Crippen LogP contribution in [0.15, 0.2) is 48.8 Å². The number of nitrogens with two attached hydrogens (primary N) is 1. The van der Waals surface area contributed by atoms with Crippen LogP contribution in [-0.4, -0.2) is 15.6 Å². The normalized spacial score (nSPS) is 12.7. The maximum absolute atomic E-state index is 13.2. The zero-order valence-corrected chi connectivity index (χ0v) is 11.3. The number of fused-ring (bicyclic) bond motifs is 1. The molecule has 1 aromatic heterocycles. The summed E-state index contributed by atoms with van der Waals surface area (Å²) in [5.41, 5.74) is 8.72. The molecule has 0 saturated heterocycles. The monoisotopic (exact) mass is 287 g/mol. The SMILES string of the molecule is NC(Cc1ccc(F)c(F)c1)Cn1cnc2ccccc21. The summed E-state index contributed by atoms with van der Waals surface area (Å²) in [6, 6.07) is 11.5. The molecular formula is C16H15F2N3. The summed E-state index contributed by atoms with van der Waals surface area (Å²) in [7, 11) is 0. The number of hydrogen-bond acceptors (Lipinski definition) is 2. The van der Waals surface area contributed by atoms with Crippen LogP contribution in [0.1, 0.15) is 5.56 Å². The van der Waals surface area contributed by atoms with Crippen LogP contribution in [0, 0.1) is 11.6 Å². The second kappa shape index (κ2) is 5.61. The second-order valence-electron chi connectivity index (χ2n) is 5.10. The molecular weight excluding hydrogens is 272 g/mol. The first kappa shape index (κ1) is 13.7. The third kappa shape index (κ3) is 2.92. The average molecular weight is 287 g/mol. The fourth-order valence-corrected chi connectivity index (χ4v) is 2.44. The smallest absolute Gasteiger partial charge is 0.159 e. The van der Waals surface area contributed by atoms with E-state index in [1.165, 1.54) is 6.07 Å². The minimum atomic E-state index is -0.840. The zero-order valence-electron chi connectivity index (χ0n) is 11.3. The Labute approximate surface area is 121 Å². The molecule has 2 N–H and O–H groups in total. The maximum atomic E-state index is 13.2. The van der Waals surface area contributed by atoms with Gasteiger partial charge < -0.3 is 10.3 Å². The van der Waals surface area contributed by atoms with E-state index in [1.54, 1.807) is 12.4 Å². The molecule has 3 rings (SSSR count). The number of nitrogens with zero attached hydrogens (tertiary/aromatic N) is 2. The van der Waals surface area contributed by atoms with Crippen LogP contribution in [0.4, 0.5) is 8.78 Å². The Bertz CT molecular complexity index is 767. The van der Waals surface area contributed by atoms with E-state index in [0.29, 0.717) is 18.5 Å². The van der Waals surface area contributed by atoms with Crippen molar-refractivity contribution in [3.63, 3.8) is 0 Å². The number of aromatic nitrogens is 2. The van der Waals surface area contributed by atoms with Crippen LogP contribution in [-0.2, 0) is 13.0 Å². The van der Waals surface area contributed by atoms with Crippen LogP contribution in [0.25, 0.3) is 11.0 Å². The highest BCUT2D eigenvalue weighted by atomic mass is 19.2. The van der Waals surface area contributed by atoms with E-state index in [4.69, 9.17) is 5.73 Å².